The Hall–Kier alpha value is -8.31. The van der Waals surface area contributed by atoms with Gasteiger partial charge in [-0.3, -0.25) is 24.0 Å². The van der Waals surface area contributed by atoms with Crippen molar-refractivity contribution in [2.24, 2.45) is 0 Å². The fourth-order valence-electron chi connectivity index (χ4n) is 12.2. The van der Waals surface area contributed by atoms with Crippen molar-refractivity contribution in [3.8, 4) is 11.5 Å². The van der Waals surface area contributed by atoms with Crippen molar-refractivity contribution in [2.75, 3.05) is 33.5 Å². The average molecular weight is 1530 g/mol. The Kier molecular flexibility index (Phi) is 27.8. The van der Waals surface area contributed by atoms with Gasteiger partial charge in [0.05, 0.1) is 44.2 Å². The number of aliphatic hydroxyl groups excluding tert-OH is 1. The van der Waals surface area contributed by atoms with Gasteiger partial charge in [0.15, 0.2) is 61.8 Å². The Morgan fingerprint density at radius 2 is 1.00 bits per heavy atom. The number of esters is 7. The maximum atomic E-state index is 15.1. The number of carbonyl (C=O) groups excluding carboxylic acids is 8. The molecule has 0 saturated carbocycles. The van der Waals surface area contributed by atoms with E-state index in [1.54, 1.807) is 103 Å². The Bertz CT molecular complexity index is 3720. The second-order valence-corrected chi connectivity index (χ2v) is 27.0. The van der Waals surface area contributed by atoms with E-state index in [9.17, 15) is 38.7 Å². The molecule has 0 aromatic heterocycles. The van der Waals surface area contributed by atoms with Gasteiger partial charge in [-0.2, -0.15) is 0 Å². The molecule has 5 saturated heterocycles. The van der Waals surface area contributed by atoms with Crippen LogP contribution in [-0.2, 0) is 116 Å². The van der Waals surface area contributed by atoms with Crippen LogP contribution in [-0.4, -0.2) is 213 Å². The monoisotopic (exact) mass is 1530 g/mol. The molecular weight excluding hydrogens is 1450 g/mol. The first-order chi connectivity index (χ1) is 50.3. The highest BCUT2D eigenvalue weighted by Gasteiger charge is 2.61. The number of rotatable bonds is 26. The molecule has 0 aliphatic carbocycles. The lowest BCUT2D eigenvalue weighted by molar-refractivity contribution is -0.402. The number of aliphatic hydroxyl groups is 1. The lowest BCUT2D eigenvalue weighted by Crippen LogP contribution is -2.71. The van der Waals surface area contributed by atoms with Crippen LogP contribution in [0.25, 0.3) is 0 Å². The minimum absolute atomic E-state index is 0.0118. The third kappa shape index (κ3) is 21.5. The van der Waals surface area contributed by atoms with Crippen LogP contribution in [0.5, 0.6) is 11.5 Å². The van der Waals surface area contributed by atoms with Gasteiger partial charge in [-0.25, -0.2) is 14.4 Å². The van der Waals surface area contributed by atoms with E-state index in [2.05, 4.69) is 5.32 Å². The molecule has 30 nitrogen and oxygen atoms in total. The van der Waals surface area contributed by atoms with E-state index in [1.807, 2.05) is 18.2 Å². The maximum absolute atomic E-state index is 15.1. The maximum Gasteiger partial charge on any atom is 0.407 e. The van der Waals surface area contributed by atoms with E-state index in [4.69, 9.17) is 130 Å². The van der Waals surface area contributed by atoms with Gasteiger partial charge in [-0.05, 0) is 61.0 Å². The van der Waals surface area contributed by atoms with Crippen LogP contribution in [0.2, 0.25) is 0 Å². The third-order valence-electron chi connectivity index (χ3n) is 16.7. The summed E-state index contributed by atoms with van der Waals surface area (Å²) < 4.78 is 124. The van der Waals surface area contributed by atoms with E-state index in [1.165, 1.54) is 38.3 Å². The largest absolute Gasteiger partial charge is 0.497 e. The molecule has 105 heavy (non-hydrogen) atoms. The van der Waals surface area contributed by atoms with Crippen molar-refractivity contribution in [3.63, 3.8) is 0 Å². The third-order valence-corrected chi connectivity index (χ3v) is 17.1. The number of benzene rings is 5. The first-order valence-corrected chi connectivity index (χ1v) is 34.3. The summed E-state index contributed by atoms with van der Waals surface area (Å²) in [6.45, 7) is 4.05. The van der Waals surface area contributed by atoms with Crippen LogP contribution in [0.1, 0.15) is 79.7 Å². The summed E-state index contributed by atoms with van der Waals surface area (Å²) in [6, 6.07) is 37.4. The van der Waals surface area contributed by atoms with Crippen molar-refractivity contribution >= 4 is 82.7 Å². The van der Waals surface area contributed by atoms with Gasteiger partial charge in [-0.15, -0.1) is 0 Å². The summed E-state index contributed by atoms with van der Waals surface area (Å²) in [5.74, 6) is -6.06. The second kappa shape index (κ2) is 36.8. The Morgan fingerprint density at radius 1 is 0.495 bits per heavy atom. The number of fused-ring (bicyclic) bond motifs is 1. The number of carbonyl (C=O) groups is 8. The van der Waals surface area contributed by atoms with E-state index in [0.717, 1.165) is 40.2 Å². The van der Waals surface area contributed by atoms with Crippen molar-refractivity contribution in [2.45, 2.75) is 181 Å². The molecule has 1 amide bonds. The molecule has 2 unspecified atom stereocenters. The summed E-state index contributed by atoms with van der Waals surface area (Å²) >= 11 is 18.3. The van der Waals surface area contributed by atoms with E-state index in [0.29, 0.717) is 11.3 Å². The zero-order chi connectivity index (χ0) is 75.1. The fourth-order valence-corrected chi connectivity index (χ4v) is 12.4. The number of ether oxygens (including phenoxy) is 20. The number of alkyl halides is 3. The van der Waals surface area contributed by atoms with Crippen LogP contribution < -0.4 is 14.8 Å². The van der Waals surface area contributed by atoms with Gasteiger partial charge in [0.2, 0.25) is 10.1 Å². The lowest BCUT2D eigenvalue weighted by Gasteiger charge is -2.53. The number of hydrogen-bond donors (Lipinski definition) is 2. The summed E-state index contributed by atoms with van der Waals surface area (Å²) in [7, 11) is 1.47. The van der Waals surface area contributed by atoms with Crippen LogP contribution in [0.4, 0.5) is 4.79 Å². The van der Waals surface area contributed by atoms with Crippen molar-refractivity contribution in [1.82, 2.24) is 5.32 Å². The highest BCUT2D eigenvalue weighted by atomic mass is 35.6. The molecule has 0 spiro atoms. The zero-order valence-electron chi connectivity index (χ0n) is 57.5. The molecule has 21 atom stereocenters. The Labute approximate surface area is 617 Å². The summed E-state index contributed by atoms with van der Waals surface area (Å²) in [6.07, 6.45) is -36.1. The molecule has 5 heterocycles. The number of alkyl carbamates (subject to hydrolysis) is 1. The molecule has 0 radical (unpaired) electrons. The number of amides is 1. The smallest absolute Gasteiger partial charge is 0.407 e. The van der Waals surface area contributed by atoms with Crippen molar-refractivity contribution in [1.29, 1.82) is 0 Å². The summed E-state index contributed by atoms with van der Waals surface area (Å²) in [5, 5.41) is 15.8. The minimum atomic E-state index is -2.25. The van der Waals surface area contributed by atoms with Crippen LogP contribution in [0.15, 0.2) is 146 Å². The summed E-state index contributed by atoms with van der Waals surface area (Å²) in [5.41, 5.74) is 1.23. The Morgan fingerprint density at radius 3 is 1.59 bits per heavy atom. The zero-order valence-corrected chi connectivity index (χ0v) is 59.8. The predicted molar refractivity (Wildman–Crippen MR) is 359 cm³/mol. The van der Waals surface area contributed by atoms with Gasteiger partial charge in [0, 0.05) is 40.2 Å². The van der Waals surface area contributed by atoms with Crippen molar-refractivity contribution < 1.29 is 138 Å². The van der Waals surface area contributed by atoms with E-state index < -0.39 is 201 Å². The van der Waals surface area contributed by atoms with E-state index in [-0.39, 0.29) is 30.1 Å². The highest BCUT2D eigenvalue weighted by molar-refractivity contribution is 6.67. The molecule has 5 fully saturated rings. The van der Waals surface area contributed by atoms with Gasteiger partial charge in [0.25, 0.3) is 0 Å². The minimum Gasteiger partial charge on any atom is -0.497 e. The van der Waals surface area contributed by atoms with Gasteiger partial charge >= 0.3 is 47.9 Å². The van der Waals surface area contributed by atoms with Gasteiger partial charge < -0.3 is 105 Å². The van der Waals surface area contributed by atoms with E-state index >= 15 is 4.79 Å². The number of nitrogens with one attached hydrogen (secondary N) is 1. The quantitative estimate of drug-likeness (QED) is 0.0318. The number of hydrogen-bond acceptors (Lipinski definition) is 29. The SMILES string of the molecule is COc1ccc(O[C@H]2O[C@H](COCc3ccccc3)[C@@H](O[C@@H]3OC4COC(c5ccccc5)O[C@@H]4[C@H](O[C@@H]4O[C@H](COC(C)=O)[C@@H](OC(C)=O)[C@H](O[C@@H]5O[C@@H](C)[C@H](OC(C)=O)[C@@H](OC(C)=O)[C@H]5OC(C)=O)[C@H]4NC(=O)OCC(Cl)(Cl)Cl)[C@@H]3OC(=O)c3ccccc3)[C@H](O)[C@H]2OC(=O)c2ccccc2)cc1. The molecule has 10 rings (SSSR count). The van der Waals surface area contributed by atoms with Gasteiger partial charge in [0.1, 0.15) is 79.6 Å². The molecule has 2 N–H and O–H groups in total. The van der Waals surface area contributed by atoms with Crippen LogP contribution in [0, 0.1) is 0 Å². The lowest BCUT2D eigenvalue weighted by atomic mass is 9.93. The molecule has 33 heteroatoms. The predicted octanol–water partition coefficient (Wildman–Crippen LogP) is 7.05. The molecular formula is C72H78Cl3NO29. The highest BCUT2D eigenvalue weighted by Crippen LogP contribution is 2.43. The first kappa shape index (κ1) is 79.3. The topological polar surface area (TPSA) is 353 Å². The second-order valence-electron chi connectivity index (χ2n) is 24.5. The van der Waals surface area contributed by atoms with Crippen LogP contribution in [0.3, 0.4) is 0 Å². The van der Waals surface area contributed by atoms with Crippen molar-refractivity contribution in [3.05, 3.63) is 168 Å². The fraction of sp³-hybridized carbons (Fsp3) is 0.472. The number of halogens is 3. The van der Waals surface area contributed by atoms with Gasteiger partial charge in [-0.1, -0.05) is 132 Å². The Balaban J connectivity index is 1.13. The summed E-state index contributed by atoms with van der Waals surface area (Å²) in [4.78, 5) is 109. The van der Waals surface area contributed by atoms with Crippen LogP contribution >= 0.6 is 34.8 Å². The molecule has 0 bridgehead atoms. The molecule has 566 valence electrons. The molecule has 5 aromatic carbocycles. The molecule has 5 aliphatic rings. The standard InChI is InChI=1S/C72H78Cl3NO29/c1-37-54(92-39(3)78)60(94-41(5)80)62(95-42(6)81)69(91-37)104-58-52(76-71(85)90-36-72(73,74)75)67(97-50(34-88-38(2)77)56(58)93-40(4)79)105-61-57-51(35-89-66(103-57)46-26-18-11-19-27-46)99-70(63(61)101-65(84)45-24-16-10-17-25-45)102-55-49(33-87-32-43-20-12-8-13-21-43)98-68(96-48-30-28-47(86-7)29-31-48)59(53(55)82)100-64(83)44-22-14-9-15-23-44/h8-31,37,49-63,66-70,82H,32-36H2,1-7H3,(H,76,85)/t37-,49+,50+,51?,52+,53-,54-,55+,56+,57-,58+,59+,60+,61-,62+,63-,66?,67-,68-,69-,70-/m0/s1. The average Bonchev–Trinajstić information content (AvgIpc) is 0.740. The normalized spacial score (nSPS) is 30.1. The molecule has 5 aromatic rings. The molecule has 5 aliphatic heterocycles. The number of methoxy groups -OCH3 is 1. The first-order valence-electron chi connectivity index (χ1n) is 33.1.